The van der Waals surface area contributed by atoms with Crippen molar-refractivity contribution in [2.24, 2.45) is 0 Å². The van der Waals surface area contributed by atoms with Gasteiger partial charge in [0.15, 0.2) is 0 Å². The Labute approximate surface area is 128 Å². The summed E-state index contributed by atoms with van der Waals surface area (Å²) in [6.45, 7) is 1.67. The second kappa shape index (κ2) is 9.34. The molecule has 5 heteroatoms. The largest absolute Gasteiger partial charge is 0.307 e. The highest BCUT2D eigenvalue weighted by Gasteiger charge is 1.94. The molecule has 0 amide bonds. The van der Waals surface area contributed by atoms with Gasteiger partial charge in [-0.05, 0) is 29.8 Å². The van der Waals surface area contributed by atoms with E-state index in [2.05, 4.69) is 50.5 Å². The van der Waals surface area contributed by atoms with Crippen molar-refractivity contribution in [3.05, 3.63) is 64.4 Å². The van der Waals surface area contributed by atoms with Crippen molar-refractivity contribution in [1.29, 1.82) is 0 Å². The molecule has 0 atom stereocenters. The maximum Gasteiger partial charge on any atom is 0.0541 e. The van der Waals surface area contributed by atoms with Gasteiger partial charge in [0, 0.05) is 23.8 Å². The van der Waals surface area contributed by atoms with Gasteiger partial charge >= 0.3 is 0 Å². The average Bonchev–Trinajstić information content (AvgIpc) is 2.33. The highest BCUT2D eigenvalue weighted by Crippen LogP contribution is 2.10. The minimum Gasteiger partial charge on any atom is -0.307 e. The minimum absolute atomic E-state index is 0. The fraction of sp³-hybridized carbons (Fsp3) is 0.154. The van der Waals surface area contributed by atoms with E-state index in [4.69, 9.17) is 0 Å². The number of aromatic nitrogens is 1. The number of halogens is 3. The van der Waals surface area contributed by atoms with Crippen LogP contribution in [0.5, 0.6) is 0 Å². The fourth-order valence-electron chi connectivity index (χ4n) is 1.44. The summed E-state index contributed by atoms with van der Waals surface area (Å²) in [5, 5.41) is 3.36. The van der Waals surface area contributed by atoms with Crippen LogP contribution in [0.4, 0.5) is 0 Å². The summed E-state index contributed by atoms with van der Waals surface area (Å²) < 4.78 is 1.11. The number of nitrogens with zero attached hydrogens (tertiary/aromatic N) is 1. The summed E-state index contributed by atoms with van der Waals surface area (Å²) in [7, 11) is 0. The second-order valence-corrected chi connectivity index (χ2v) is 4.47. The van der Waals surface area contributed by atoms with Gasteiger partial charge < -0.3 is 5.32 Å². The summed E-state index contributed by atoms with van der Waals surface area (Å²) in [4.78, 5) is 4.25. The molecular formula is C13H15BrCl2N2. The third-order valence-electron chi connectivity index (χ3n) is 2.27. The topological polar surface area (TPSA) is 24.9 Å². The van der Waals surface area contributed by atoms with E-state index in [1.54, 1.807) is 0 Å². The number of pyridine rings is 1. The third-order valence-corrected chi connectivity index (χ3v) is 2.80. The third kappa shape index (κ3) is 5.83. The second-order valence-electron chi connectivity index (χ2n) is 3.55. The zero-order valence-corrected chi connectivity index (χ0v) is 12.9. The summed E-state index contributed by atoms with van der Waals surface area (Å²) >= 11 is 3.42. The molecule has 0 saturated carbocycles. The van der Waals surface area contributed by atoms with Crippen LogP contribution in [-0.4, -0.2) is 4.98 Å². The van der Waals surface area contributed by atoms with Gasteiger partial charge in [0.2, 0.25) is 0 Å². The highest BCUT2D eigenvalue weighted by molar-refractivity contribution is 9.10. The van der Waals surface area contributed by atoms with Crippen molar-refractivity contribution in [2.45, 2.75) is 13.1 Å². The first-order chi connectivity index (χ1) is 7.84. The number of hydrogen-bond donors (Lipinski definition) is 1. The molecule has 0 saturated heterocycles. The molecule has 1 aromatic carbocycles. The van der Waals surface area contributed by atoms with E-state index < -0.39 is 0 Å². The molecule has 18 heavy (non-hydrogen) atoms. The van der Waals surface area contributed by atoms with Crippen LogP contribution in [0.3, 0.4) is 0 Å². The Bertz CT molecular complexity index is 435. The maximum absolute atomic E-state index is 4.25. The lowest BCUT2D eigenvalue weighted by Gasteiger charge is -2.04. The predicted octanol–water partition coefficient (Wildman–Crippen LogP) is 3.98. The van der Waals surface area contributed by atoms with Crippen LogP contribution in [0.1, 0.15) is 11.3 Å². The molecule has 0 spiro atoms. The highest BCUT2D eigenvalue weighted by atomic mass is 79.9. The standard InChI is InChI=1S/C13H13BrN2.2ClH/c14-12-6-4-11(5-7-12)9-15-10-13-3-1-2-8-16-13;;/h1-8,15H,9-10H2;2*1H. The van der Waals surface area contributed by atoms with Crippen LogP contribution in [-0.2, 0) is 13.1 Å². The molecule has 1 N–H and O–H groups in total. The molecule has 0 fully saturated rings. The quantitative estimate of drug-likeness (QED) is 0.903. The van der Waals surface area contributed by atoms with Gasteiger partial charge in [-0.3, -0.25) is 4.98 Å². The normalized spacial score (nSPS) is 9.17. The Hall–Kier alpha value is -0.610. The molecule has 0 unspecified atom stereocenters. The number of nitrogens with one attached hydrogen (secondary N) is 1. The first kappa shape index (κ1) is 17.4. The predicted molar refractivity (Wildman–Crippen MR) is 83.4 cm³/mol. The van der Waals surface area contributed by atoms with Gasteiger partial charge in [-0.1, -0.05) is 34.1 Å². The van der Waals surface area contributed by atoms with Gasteiger partial charge in [0.25, 0.3) is 0 Å². The first-order valence-electron chi connectivity index (χ1n) is 5.20. The Kier molecular flexibility index (Phi) is 9.02. The zero-order valence-electron chi connectivity index (χ0n) is 9.67. The fourth-order valence-corrected chi connectivity index (χ4v) is 1.70. The smallest absolute Gasteiger partial charge is 0.0541 e. The van der Waals surface area contributed by atoms with Crippen molar-refractivity contribution < 1.29 is 0 Å². The van der Waals surface area contributed by atoms with Gasteiger partial charge in [-0.25, -0.2) is 0 Å². The molecule has 2 nitrogen and oxygen atoms in total. The Morgan fingerprint density at radius 1 is 0.944 bits per heavy atom. The summed E-state index contributed by atoms with van der Waals surface area (Å²) in [6, 6.07) is 14.3. The minimum atomic E-state index is 0. The van der Waals surface area contributed by atoms with Crippen LogP contribution >= 0.6 is 40.7 Å². The van der Waals surface area contributed by atoms with Crippen LogP contribution < -0.4 is 5.32 Å². The lowest BCUT2D eigenvalue weighted by Crippen LogP contribution is -2.13. The van der Waals surface area contributed by atoms with E-state index in [-0.39, 0.29) is 24.8 Å². The molecule has 0 aliphatic carbocycles. The number of rotatable bonds is 4. The van der Waals surface area contributed by atoms with Crippen LogP contribution in [0.15, 0.2) is 53.1 Å². The van der Waals surface area contributed by atoms with E-state index in [9.17, 15) is 0 Å². The van der Waals surface area contributed by atoms with E-state index in [0.717, 1.165) is 23.3 Å². The average molecular weight is 350 g/mol. The summed E-state index contributed by atoms with van der Waals surface area (Å²) in [6.07, 6.45) is 1.82. The summed E-state index contributed by atoms with van der Waals surface area (Å²) in [5.41, 5.74) is 2.35. The SMILES string of the molecule is Brc1ccc(CNCc2ccccn2)cc1.Cl.Cl. The van der Waals surface area contributed by atoms with Gasteiger partial charge in [0.1, 0.15) is 0 Å². The van der Waals surface area contributed by atoms with Crippen molar-refractivity contribution in [1.82, 2.24) is 10.3 Å². The molecule has 1 aromatic heterocycles. The van der Waals surface area contributed by atoms with Crippen molar-refractivity contribution in [3.63, 3.8) is 0 Å². The van der Waals surface area contributed by atoms with Crippen LogP contribution in [0, 0.1) is 0 Å². The molecule has 0 bridgehead atoms. The van der Waals surface area contributed by atoms with Crippen molar-refractivity contribution >= 4 is 40.7 Å². The van der Waals surface area contributed by atoms with E-state index in [0.29, 0.717) is 0 Å². The van der Waals surface area contributed by atoms with Crippen LogP contribution in [0.25, 0.3) is 0 Å². The molecule has 0 aliphatic heterocycles. The Balaban J connectivity index is 0.00000144. The lowest BCUT2D eigenvalue weighted by molar-refractivity contribution is 0.679. The van der Waals surface area contributed by atoms with Gasteiger partial charge in [-0.2, -0.15) is 0 Å². The monoisotopic (exact) mass is 348 g/mol. The zero-order chi connectivity index (χ0) is 11.2. The van der Waals surface area contributed by atoms with Gasteiger partial charge in [-0.15, -0.1) is 24.8 Å². The Morgan fingerprint density at radius 2 is 1.67 bits per heavy atom. The molecule has 1 heterocycles. The van der Waals surface area contributed by atoms with Crippen LogP contribution in [0.2, 0.25) is 0 Å². The van der Waals surface area contributed by atoms with E-state index in [1.807, 2.05) is 24.4 Å². The molecule has 0 aliphatic rings. The first-order valence-corrected chi connectivity index (χ1v) is 5.99. The molecule has 0 radical (unpaired) electrons. The Morgan fingerprint density at radius 3 is 2.28 bits per heavy atom. The van der Waals surface area contributed by atoms with E-state index in [1.165, 1.54) is 5.56 Å². The number of hydrogen-bond acceptors (Lipinski definition) is 2. The van der Waals surface area contributed by atoms with E-state index >= 15 is 0 Å². The lowest BCUT2D eigenvalue weighted by atomic mass is 10.2. The summed E-state index contributed by atoms with van der Waals surface area (Å²) in [5.74, 6) is 0. The molecular weight excluding hydrogens is 335 g/mol. The molecule has 2 aromatic rings. The molecule has 98 valence electrons. The number of benzene rings is 1. The van der Waals surface area contributed by atoms with Crippen molar-refractivity contribution in [2.75, 3.05) is 0 Å². The van der Waals surface area contributed by atoms with Gasteiger partial charge in [0.05, 0.1) is 5.69 Å². The maximum atomic E-state index is 4.25. The van der Waals surface area contributed by atoms with Crippen molar-refractivity contribution in [3.8, 4) is 0 Å². The molecule has 2 rings (SSSR count).